The molecule has 1 fully saturated rings. The molecule has 7 nitrogen and oxygen atoms in total. The van der Waals surface area contributed by atoms with Crippen LogP contribution in [0.2, 0.25) is 0 Å². The number of carbonyl (C=O) groups excluding carboxylic acids is 1. The van der Waals surface area contributed by atoms with Crippen LogP contribution in [-0.4, -0.2) is 56.3 Å². The Hall–Kier alpha value is -3.53. The van der Waals surface area contributed by atoms with Crippen LogP contribution >= 0.6 is 0 Å². The van der Waals surface area contributed by atoms with E-state index in [1.165, 1.54) is 23.1 Å². The van der Waals surface area contributed by atoms with E-state index in [0.29, 0.717) is 28.0 Å². The number of halogens is 3. The van der Waals surface area contributed by atoms with Crippen LogP contribution in [0.3, 0.4) is 0 Å². The number of β-amino-alcohol motifs (C(OH)–C–C–N with tert-alkyl or cyclic N) is 1. The van der Waals surface area contributed by atoms with E-state index in [1.54, 1.807) is 18.3 Å². The third-order valence-corrected chi connectivity index (χ3v) is 5.12. The Balaban J connectivity index is 1.66. The van der Waals surface area contributed by atoms with Gasteiger partial charge >= 0.3 is 6.18 Å². The van der Waals surface area contributed by atoms with Crippen LogP contribution < -0.4 is 5.32 Å². The summed E-state index contributed by atoms with van der Waals surface area (Å²) in [6.45, 7) is 3.86. The van der Waals surface area contributed by atoms with Crippen molar-refractivity contribution in [3.05, 3.63) is 60.8 Å². The van der Waals surface area contributed by atoms with Gasteiger partial charge in [0.1, 0.15) is 11.2 Å². The number of nitrogens with one attached hydrogen (secondary N) is 1. The first-order valence-corrected chi connectivity index (χ1v) is 9.43. The number of hydrogen-bond acceptors (Lipinski definition) is 6. The van der Waals surface area contributed by atoms with E-state index < -0.39 is 23.9 Å². The molecule has 1 aromatic carbocycles. The zero-order chi connectivity index (χ0) is 22.2. The number of amides is 1. The SMILES string of the molecule is C=CC(=O)N1C[C@H](O)[C@H](Nc2nnc(-c3ccc(C(F)(F)F)cc3)c3cccnc23)C1. The van der Waals surface area contributed by atoms with Crippen molar-refractivity contribution < 1.29 is 23.1 Å². The maximum atomic E-state index is 12.9. The number of hydrogen-bond donors (Lipinski definition) is 2. The smallest absolute Gasteiger partial charge is 0.389 e. The molecule has 2 N–H and O–H groups in total. The van der Waals surface area contributed by atoms with E-state index in [2.05, 4.69) is 27.1 Å². The highest BCUT2D eigenvalue weighted by atomic mass is 19.4. The van der Waals surface area contributed by atoms with Gasteiger partial charge in [0.2, 0.25) is 5.91 Å². The molecular formula is C21H18F3N5O2. The topological polar surface area (TPSA) is 91.2 Å². The largest absolute Gasteiger partial charge is 0.416 e. The lowest BCUT2D eigenvalue weighted by atomic mass is 10.0. The summed E-state index contributed by atoms with van der Waals surface area (Å²) in [5, 5.41) is 22.3. The third kappa shape index (κ3) is 4.06. The number of rotatable bonds is 4. The lowest BCUT2D eigenvalue weighted by Crippen LogP contribution is -2.33. The molecule has 3 heterocycles. The molecule has 10 heteroatoms. The zero-order valence-electron chi connectivity index (χ0n) is 16.2. The number of likely N-dealkylation sites (tertiary alicyclic amines) is 1. The molecule has 1 amide bonds. The molecule has 0 spiro atoms. The molecular weight excluding hydrogens is 411 g/mol. The Morgan fingerprint density at radius 3 is 2.61 bits per heavy atom. The summed E-state index contributed by atoms with van der Waals surface area (Å²) in [4.78, 5) is 17.6. The Morgan fingerprint density at radius 1 is 1.19 bits per heavy atom. The van der Waals surface area contributed by atoms with Crippen LogP contribution in [0, 0.1) is 0 Å². The molecule has 2 aromatic heterocycles. The maximum absolute atomic E-state index is 12.9. The average molecular weight is 429 g/mol. The standard InChI is InChI=1S/C21H18F3N5O2/c1-2-17(31)29-10-15(16(30)11-29)26-20-19-14(4-3-9-25-19)18(27-28-20)12-5-7-13(8-6-12)21(22,23)24/h2-9,15-16,30H,1,10-11H2,(H,26,28)/t15-,16+/m1/s1. The number of aromatic nitrogens is 3. The van der Waals surface area contributed by atoms with Crippen molar-refractivity contribution in [1.29, 1.82) is 0 Å². The Morgan fingerprint density at radius 2 is 1.94 bits per heavy atom. The number of aliphatic hydroxyl groups excluding tert-OH is 1. The van der Waals surface area contributed by atoms with Gasteiger partial charge in [-0.25, -0.2) is 0 Å². The number of benzene rings is 1. The molecule has 0 bridgehead atoms. The van der Waals surface area contributed by atoms with Gasteiger partial charge in [-0.3, -0.25) is 9.78 Å². The lowest BCUT2D eigenvalue weighted by molar-refractivity contribution is -0.137. The normalized spacial score (nSPS) is 18.9. The number of anilines is 1. The number of fused-ring (bicyclic) bond motifs is 1. The predicted octanol–water partition coefficient (Wildman–Crippen LogP) is 2.88. The summed E-state index contributed by atoms with van der Waals surface area (Å²) in [5.41, 5.74) is 0.554. The average Bonchev–Trinajstić information content (AvgIpc) is 3.13. The molecule has 1 saturated heterocycles. The lowest BCUT2D eigenvalue weighted by Gasteiger charge is -2.17. The molecule has 0 aliphatic carbocycles. The van der Waals surface area contributed by atoms with E-state index in [0.717, 1.165) is 12.1 Å². The Labute approximate surface area is 175 Å². The minimum Gasteiger partial charge on any atom is -0.389 e. The van der Waals surface area contributed by atoms with Gasteiger partial charge < -0.3 is 15.3 Å². The highest BCUT2D eigenvalue weighted by Gasteiger charge is 2.34. The quantitative estimate of drug-likeness (QED) is 0.620. The molecule has 3 aromatic rings. The number of nitrogens with zero attached hydrogens (tertiary/aromatic N) is 4. The van der Waals surface area contributed by atoms with Crippen LogP contribution in [0.5, 0.6) is 0 Å². The maximum Gasteiger partial charge on any atom is 0.416 e. The van der Waals surface area contributed by atoms with Crippen LogP contribution in [0.1, 0.15) is 5.56 Å². The summed E-state index contributed by atoms with van der Waals surface area (Å²) < 4.78 is 38.6. The molecule has 31 heavy (non-hydrogen) atoms. The third-order valence-electron chi connectivity index (χ3n) is 5.12. The van der Waals surface area contributed by atoms with E-state index in [1.807, 2.05) is 0 Å². The molecule has 4 rings (SSSR count). The second-order valence-electron chi connectivity index (χ2n) is 7.14. The number of carbonyl (C=O) groups is 1. The second kappa shape index (κ2) is 7.95. The van der Waals surface area contributed by atoms with Crippen LogP contribution in [0.25, 0.3) is 22.2 Å². The van der Waals surface area contributed by atoms with Gasteiger partial charge in [0.15, 0.2) is 5.82 Å². The van der Waals surface area contributed by atoms with E-state index >= 15 is 0 Å². The van der Waals surface area contributed by atoms with E-state index in [-0.39, 0.29) is 19.0 Å². The Bertz CT molecular complexity index is 1130. The second-order valence-corrected chi connectivity index (χ2v) is 7.14. The van der Waals surface area contributed by atoms with Crippen molar-refractivity contribution in [3.63, 3.8) is 0 Å². The monoisotopic (exact) mass is 429 g/mol. The van der Waals surface area contributed by atoms with Crippen molar-refractivity contribution in [1.82, 2.24) is 20.1 Å². The van der Waals surface area contributed by atoms with Gasteiger partial charge in [0.05, 0.1) is 17.7 Å². The van der Waals surface area contributed by atoms with Gasteiger partial charge in [-0.05, 0) is 30.3 Å². The fraction of sp³-hybridized carbons (Fsp3) is 0.238. The highest BCUT2D eigenvalue weighted by Crippen LogP contribution is 2.33. The van der Waals surface area contributed by atoms with E-state index in [9.17, 15) is 23.1 Å². The number of pyridine rings is 1. The van der Waals surface area contributed by atoms with Crippen LogP contribution in [0.15, 0.2) is 55.3 Å². The summed E-state index contributed by atoms with van der Waals surface area (Å²) >= 11 is 0. The molecule has 1 aliphatic heterocycles. The molecule has 2 atom stereocenters. The van der Waals surface area contributed by atoms with Gasteiger partial charge in [0.25, 0.3) is 0 Å². The number of aliphatic hydroxyl groups is 1. The van der Waals surface area contributed by atoms with Crippen molar-refractivity contribution in [2.75, 3.05) is 18.4 Å². The molecule has 160 valence electrons. The molecule has 0 unspecified atom stereocenters. The van der Waals surface area contributed by atoms with Crippen molar-refractivity contribution >= 4 is 22.6 Å². The summed E-state index contributed by atoms with van der Waals surface area (Å²) in [5.74, 6) is 0.0262. The van der Waals surface area contributed by atoms with Crippen molar-refractivity contribution in [2.24, 2.45) is 0 Å². The van der Waals surface area contributed by atoms with Gasteiger partial charge in [-0.1, -0.05) is 18.7 Å². The van der Waals surface area contributed by atoms with Crippen LogP contribution in [-0.2, 0) is 11.0 Å². The van der Waals surface area contributed by atoms with E-state index in [4.69, 9.17) is 0 Å². The fourth-order valence-corrected chi connectivity index (χ4v) is 3.53. The van der Waals surface area contributed by atoms with Crippen LogP contribution in [0.4, 0.5) is 19.0 Å². The zero-order valence-corrected chi connectivity index (χ0v) is 16.2. The minimum absolute atomic E-state index is 0.158. The minimum atomic E-state index is -4.43. The van der Waals surface area contributed by atoms with Crippen molar-refractivity contribution in [2.45, 2.75) is 18.3 Å². The summed E-state index contributed by atoms with van der Waals surface area (Å²) in [6, 6.07) is 7.61. The fourth-order valence-electron chi connectivity index (χ4n) is 3.53. The molecule has 1 aliphatic rings. The molecule has 0 radical (unpaired) electrons. The first-order chi connectivity index (χ1) is 14.8. The summed E-state index contributed by atoms with van der Waals surface area (Å²) in [6.07, 6.45) is -2.50. The summed E-state index contributed by atoms with van der Waals surface area (Å²) in [7, 11) is 0. The van der Waals surface area contributed by atoms with Crippen molar-refractivity contribution in [3.8, 4) is 11.3 Å². The van der Waals surface area contributed by atoms with Gasteiger partial charge in [-0.2, -0.15) is 13.2 Å². The highest BCUT2D eigenvalue weighted by molar-refractivity contribution is 5.97. The first-order valence-electron chi connectivity index (χ1n) is 9.43. The predicted molar refractivity (Wildman–Crippen MR) is 108 cm³/mol. The van der Waals surface area contributed by atoms with Gasteiger partial charge in [0, 0.05) is 30.2 Å². The van der Waals surface area contributed by atoms with Gasteiger partial charge in [-0.15, -0.1) is 10.2 Å². The Kier molecular flexibility index (Phi) is 5.32. The first kappa shape index (κ1) is 20.7. The molecule has 0 saturated carbocycles. The number of alkyl halides is 3.